The average Bonchev–Trinajstić information content (AvgIpc) is 2.66. The molecule has 0 spiro atoms. The number of phenols is 1. The number of esters is 1. The van der Waals surface area contributed by atoms with E-state index in [1.165, 1.54) is 19.2 Å². The summed E-state index contributed by atoms with van der Waals surface area (Å²) in [4.78, 5) is 34.9. The molecule has 0 unspecified atom stereocenters. The average molecular weight is 263 g/mol. The first-order valence-electron chi connectivity index (χ1n) is 5.68. The fraction of sp³-hybridized carbons (Fsp3) is 0.308. The third kappa shape index (κ3) is 1.90. The Kier molecular flexibility index (Phi) is 3.11. The summed E-state index contributed by atoms with van der Waals surface area (Å²) >= 11 is 0. The van der Waals surface area contributed by atoms with Gasteiger partial charge in [-0.05, 0) is 17.7 Å². The molecule has 1 aromatic rings. The van der Waals surface area contributed by atoms with Gasteiger partial charge in [0.1, 0.15) is 11.3 Å². The summed E-state index contributed by atoms with van der Waals surface area (Å²) in [5, 5.41) is 9.76. The summed E-state index contributed by atoms with van der Waals surface area (Å²) < 4.78 is 4.49. The first kappa shape index (κ1) is 13.2. The maximum absolute atomic E-state index is 11.8. The minimum absolute atomic E-state index is 0.0484. The molecule has 0 aliphatic heterocycles. The van der Waals surface area contributed by atoms with Crippen LogP contribution in [0.1, 0.15) is 28.8 Å². The molecule has 6 heteroatoms. The van der Waals surface area contributed by atoms with Crippen molar-refractivity contribution in [3.8, 4) is 5.75 Å². The van der Waals surface area contributed by atoms with Crippen LogP contribution in [-0.4, -0.2) is 29.8 Å². The van der Waals surface area contributed by atoms with Crippen molar-refractivity contribution in [2.24, 2.45) is 5.73 Å². The van der Waals surface area contributed by atoms with Gasteiger partial charge in [-0.3, -0.25) is 9.59 Å². The van der Waals surface area contributed by atoms with Crippen molar-refractivity contribution in [1.29, 1.82) is 0 Å². The lowest BCUT2D eigenvalue weighted by Gasteiger charge is -2.21. The maximum atomic E-state index is 11.8. The molecule has 0 heterocycles. The zero-order valence-electron chi connectivity index (χ0n) is 10.3. The number of rotatable bonds is 2. The molecule has 1 aromatic carbocycles. The van der Waals surface area contributed by atoms with Gasteiger partial charge in [0.2, 0.25) is 0 Å². The van der Waals surface area contributed by atoms with Crippen LogP contribution in [0.15, 0.2) is 18.2 Å². The predicted molar refractivity (Wildman–Crippen MR) is 64.6 cm³/mol. The second kappa shape index (κ2) is 4.47. The van der Waals surface area contributed by atoms with Crippen molar-refractivity contribution in [1.82, 2.24) is 0 Å². The number of Topliss-reactive ketones (excluding diaryl/α,β-unsaturated/α-hetero) is 2. The lowest BCUT2D eigenvalue weighted by atomic mass is 9.87. The summed E-state index contributed by atoms with van der Waals surface area (Å²) in [6.07, 6.45) is 0.184. The van der Waals surface area contributed by atoms with Gasteiger partial charge in [-0.25, -0.2) is 4.79 Å². The molecule has 1 aliphatic rings. The molecule has 0 atom stereocenters. The number of aromatic hydroxyl groups is 1. The van der Waals surface area contributed by atoms with E-state index in [9.17, 15) is 19.5 Å². The van der Waals surface area contributed by atoms with Crippen molar-refractivity contribution in [2.75, 3.05) is 7.11 Å². The summed E-state index contributed by atoms with van der Waals surface area (Å²) in [6.45, 7) is 0. The molecule has 6 nitrogen and oxygen atoms in total. The Labute approximate surface area is 109 Å². The highest BCUT2D eigenvalue weighted by molar-refractivity contribution is 6.17. The molecule has 0 saturated heterocycles. The molecule has 0 amide bonds. The number of phenolic OH excluding ortho intramolecular Hbond substituents is 1. The van der Waals surface area contributed by atoms with Gasteiger partial charge in [0, 0.05) is 12.8 Å². The van der Waals surface area contributed by atoms with Crippen molar-refractivity contribution in [2.45, 2.75) is 18.4 Å². The molecule has 0 bridgehead atoms. The van der Waals surface area contributed by atoms with Crippen LogP contribution in [-0.2, 0) is 19.9 Å². The van der Waals surface area contributed by atoms with E-state index in [2.05, 4.69) is 4.74 Å². The quantitative estimate of drug-likeness (QED) is 0.585. The number of ether oxygens (including phenoxy) is 1. The molecule has 19 heavy (non-hydrogen) atoms. The highest BCUT2D eigenvalue weighted by Gasteiger charge is 2.47. The highest BCUT2D eigenvalue weighted by Crippen LogP contribution is 2.33. The predicted octanol–water partition coefficient (Wildman–Crippen LogP) is 0.265. The smallest absolute Gasteiger partial charge is 0.341 e. The standard InChI is InChI=1S/C13H13NO5/c1-19-12(18)8-3-2-7(6-9(8)15)13(14)10(16)4-5-11(13)17/h2-3,6,15H,4-5,14H2,1H3. The summed E-state index contributed by atoms with van der Waals surface area (Å²) in [5.41, 5.74) is 4.29. The number of carbonyl (C=O) groups is 3. The van der Waals surface area contributed by atoms with Gasteiger partial charge < -0.3 is 15.6 Å². The Balaban J connectivity index is 2.48. The van der Waals surface area contributed by atoms with Crippen molar-refractivity contribution in [3.05, 3.63) is 29.3 Å². The molecular formula is C13H13NO5. The van der Waals surface area contributed by atoms with Crippen LogP contribution in [0.5, 0.6) is 5.75 Å². The Morgan fingerprint density at radius 3 is 2.37 bits per heavy atom. The van der Waals surface area contributed by atoms with E-state index in [-0.39, 0.29) is 41.3 Å². The molecule has 1 fully saturated rings. The first-order chi connectivity index (χ1) is 8.91. The Bertz CT molecular complexity index is 562. The molecular weight excluding hydrogens is 250 g/mol. The van der Waals surface area contributed by atoms with Crippen LogP contribution >= 0.6 is 0 Å². The zero-order chi connectivity index (χ0) is 14.2. The molecule has 1 saturated carbocycles. The lowest BCUT2D eigenvalue weighted by Crippen LogP contribution is -2.46. The number of methoxy groups -OCH3 is 1. The fourth-order valence-electron chi connectivity index (χ4n) is 2.16. The molecule has 3 N–H and O–H groups in total. The van der Waals surface area contributed by atoms with E-state index >= 15 is 0 Å². The molecule has 1 aliphatic carbocycles. The van der Waals surface area contributed by atoms with E-state index < -0.39 is 11.5 Å². The van der Waals surface area contributed by atoms with E-state index in [4.69, 9.17) is 5.73 Å². The van der Waals surface area contributed by atoms with Crippen molar-refractivity contribution in [3.63, 3.8) is 0 Å². The number of carbonyl (C=O) groups excluding carboxylic acids is 3. The SMILES string of the molecule is COC(=O)c1ccc(C2(N)C(=O)CCC2=O)cc1O. The third-order valence-electron chi connectivity index (χ3n) is 3.32. The molecule has 2 rings (SSSR count). The maximum Gasteiger partial charge on any atom is 0.341 e. The van der Waals surface area contributed by atoms with E-state index in [1.807, 2.05) is 0 Å². The molecule has 0 aromatic heterocycles. The first-order valence-corrected chi connectivity index (χ1v) is 5.68. The van der Waals surface area contributed by atoms with Gasteiger partial charge in [0.15, 0.2) is 17.1 Å². The number of hydrogen-bond donors (Lipinski definition) is 2. The van der Waals surface area contributed by atoms with Crippen LogP contribution in [0.25, 0.3) is 0 Å². The van der Waals surface area contributed by atoms with Gasteiger partial charge in [0.05, 0.1) is 7.11 Å². The Morgan fingerprint density at radius 2 is 1.89 bits per heavy atom. The van der Waals surface area contributed by atoms with Crippen LogP contribution in [0, 0.1) is 0 Å². The van der Waals surface area contributed by atoms with E-state index in [1.54, 1.807) is 0 Å². The number of nitrogens with two attached hydrogens (primary N) is 1. The van der Waals surface area contributed by atoms with Crippen molar-refractivity contribution < 1.29 is 24.2 Å². The van der Waals surface area contributed by atoms with Crippen LogP contribution in [0.3, 0.4) is 0 Å². The third-order valence-corrected chi connectivity index (χ3v) is 3.32. The van der Waals surface area contributed by atoms with Gasteiger partial charge in [0.25, 0.3) is 0 Å². The minimum Gasteiger partial charge on any atom is -0.507 e. The van der Waals surface area contributed by atoms with Crippen LogP contribution in [0.2, 0.25) is 0 Å². The summed E-state index contributed by atoms with van der Waals surface area (Å²) in [5.74, 6) is -1.86. The normalized spacial score (nSPS) is 17.6. The topological polar surface area (TPSA) is 107 Å². The number of hydrogen-bond acceptors (Lipinski definition) is 6. The number of benzene rings is 1. The van der Waals surface area contributed by atoms with Gasteiger partial charge in [-0.15, -0.1) is 0 Å². The van der Waals surface area contributed by atoms with Gasteiger partial charge in [-0.1, -0.05) is 6.07 Å². The Morgan fingerprint density at radius 1 is 1.32 bits per heavy atom. The number of ketones is 2. The highest BCUT2D eigenvalue weighted by atomic mass is 16.5. The Hall–Kier alpha value is -2.21. The largest absolute Gasteiger partial charge is 0.507 e. The second-order valence-corrected chi connectivity index (χ2v) is 4.38. The fourth-order valence-corrected chi connectivity index (χ4v) is 2.16. The van der Waals surface area contributed by atoms with Gasteiger partial charge >= 0.3 is 5.97 Å². The van der Waals surface area contributed by atoms with Crippen LogP contribution in [0.4, 0.5) is 0 Å². The van der Waals surface area contributed by atoms with E-state index in [0.717, 1.165) is 6.07 Å². The minimum atomic E-state index is -1.72. The molecule has 0 radical (unpaired) electrons. The zero-order valence-corrected chi connectivity index (χ0v) is 10.3. The van der Waals surface area contributed by atoms with Gasteiger partial charge in [-0.2, -0.15) is 0 Å². The molecule has 100 valence electrons. The monoisotopic (exact) mass is 263 g/mol. The van der Waals surface area contributed by atoms with Crippen molar-refractivity contribution >= 4 is 17.5 Å². The second-order valence-electron chi connectivity index (χ2n) is 4.38. The summed E-state index contributed by atoms with van der Waals surface area (Å²) in [6, 6.07) is 3.82. The van der Waals surface area contributed by atoms with E-state index in [0.29, 0.717) is 0 Å². The summed E-state index contributed by atoms with van der Waals surface area (Å²) in [7, 11) is 1.18. The van der Waals surface area contributed by atoms with Crippen LogP contribution < -0.4 is 5.73 Å². The lowest BCUT2D eigenvalue weighted by molar-refractivity contribution is -0.129.